The van der Waals surface area contributed by atoms with Crippen LogP contribution in [0.4, 0.5) is 5.82 Å². The molecule has 0 aromatic carbocycles. The lowest BCUT2D eigenvalue weighted by molar-refractivity contribution is 0.453. The highest BCUT2D eigenvalue weighted by molar-refractivity contribution is 5.85. The number of aromatic nitrogens is 1. The van der Waals surface area contributed by atoms with E-state index in [0.717, 1.165) is 18.9 Å². The second-order valence-electron chi connectivity index (χ2n) is 3.72. The van der Waals surface area contributed by atoms with Crippen molar-refractivity contribution in [3.05, 3.63) is 23.9 Å². The minimum absolute atomic E-state index is 0. The van der Waals surface area contributed by atoms with E-state index in [-0.39, 0.29) is 24.8 Å². The summed E-state index contributed by atoms with van der Waals surface area (Å²) in [5.41, 5.74) is 1.23. The summed E-state index contributed by atoms with van der Waals surface area (Å²) in [7, 11) is 1.91. The van der Waals surface area contributed by atoms with Crippen LogP contribution >= 0.6 is 24.8 Å². The van der Waals surface area contributed by atoms with E-state index in [4.69, 9.17) is 0 Å². The van der Waals surface area contributed by atoms with Crippen molar-refractivity contribution in [2.24, 2.45) is 0 Å². The Hall–Kier alpha value is -0.510. The molecule has 0 saturated carbocycles. The summed E-state index contributed by atoms with van der Waals surface area (Å²) >= 11 is 0. The van der Waals surface area contributed by atoms with Crippen molar-refractivity contribution in [2.45, 2.75) is 18.8 Å². The van der Waals surface area contributed by atoms with Gasteiger partial charge in [0.05, 0.1) is 0 Å². The predicted molar refractivity (Wildman–Crippen MR) is 73.1 cm³/mol. The molecule has 0 atom stereocenters. The first-order chi connectivity index (χ1) is 6.90. The van der Waals surface area contributed by atoms with Gasteiger partial charge in [0, 0.05) is 18.7 Å². The number of anilines is 1. The number of nitrogens with zero attached hydrogens (tertiary/aromatic N) is 1. The van der Waals surface area contributed by atoms with Crippen LogP contribution in [0.1, 0.15) is 24.5 Å². The molecule has 16 heavy (non-hydrogen) atoms. The van der Waals surface area contributed by atoms with Crippen molar-refractivity contribution in [3.63, 3.8) is 0 Å². The summed E-state index contributed by atoms with van der Waals surface area (Å²) in [6.07, 6.45) is 2.42. The van der Waals surface area contributed by atoms with Crippen molar-refractivity contribution in [3.8, 4) is 0 Å². The van der Waals surface area contributed by atoms with Gasteiger partial charge in [0.25, 0.3) is 0 Å². The summed E-state index contributed by atoms with van der Waals surface area (Å²) < 4.78 is 0. The van der Waals surface area contributed by atoms with Crippen molar-refractivity contribution in [1.82, 2.24) is 10.3 Å². The van der Waals surface area contributed by atoms with E-state index in [0.29, 0.717) is 5.92 Å². The van der Waals surface area contributed by atoms with E-state index in [1.165, 1.54) is 18.5 Å². The van der Waals surface area contributed by atoms with E-state index >= 15 is 0 Å². The van der Waals surface area contributed by atoms with Gasteiger partial charge in [-0.05, 0) is 38.1 Å². The van der Waals surface area contributed by atoms with E-state index in [2.05, 4.69) is 27.8 Å². The van der Waals surface area contributed by atoms with Crippen LogP contribution in [-0.4, -0.2) is 25.1 Å². The fourth-order valence-electron chi connectivity index (χ4n) is 1.94. The van der Waals surface area contributed by atoms with E-state index in [9.17, 15) is 0 Å². The molecule has 1 aliphatic heterocycles. The fraction of sp³-hybridized carbons (Fsp3) is 0.545. The Kier molecular flexibility index (Phi) is 7.47. The molecule has 3 nitrogen and oxygen atoms in total. The maximum absolute atomic E-state index is 4.58. The lowest BCUT2D eigenvalue weighted by Gasteiger charge is -2.22. The van der Waals surface area contributed by atoms with Gasteiger partial charge in [0.15, 0.2) is 0 Å². The van der Waals surface area contributed by atoms with Gasteiger partial charge in [-0.25, -0.2) is 4.98 Å². The highest BCUT2D eigenvalue weighted by Crippen LogP contribution is 2.24. The van der Waals surface area contributed by atoms with Crippen LogP contribution in [0.2, 0.25) is 0 Å². The van der Waals surface area contributed by atoms with E-state index < -0.39 is 0 Å². The number of rotatable bonds is 2. The molecule has 2 rings (SSSR count). The molecule has 1 saturated heterocycles. The Balaban J connectivity index is 0.00000112. The summed E-state index contributed by atoms with van der Waals surface area (Å²) in [6, 6.07) is 6.22. The highest BCUT2D eigenvalue weighted by atomic mass is 35.5. The monoisotopic (exact) mass is 263 g/mol. The molecule has 92 valence electrons. The molecule has 2 heterocycles. The Morgan fingerprint density at radius 3 is 2.56 bits per heavy atom. The minimum Gasteiger partial charge on any atom is -0.373 e. The quantitative estimate of drug-likeness (QED) is 0.861. The third-order valence-electron chi connectivity index (χ3n) is 2.78. The minimum atomic E-state index is 0. The molecular formula is C11H19Cl2N3. The van der Waals surface area contributed by atoms with Crippen LogP contribution in [0.15, 0.2) is 18.2 Å². The van der Waals surface area contributed by atoms with Crippen LogP contribution < -0.4 is 10.6 Å². The Bertz CT molecular complexity index is 301. The topological polar surface area (TPSA) is 37.0 Å². The van der Waals surface area contributed by atoms with Crippen LogP contribution in [0.25, 0.3) is 0 Å². The third kappa shape index (κ3) is 3.81. The van der Waals surface area contributed by atoms with Crippen molar-refractivity contribution >= 4 is 30.6 Å². The SMILES string of the molecule is CNc1cccc(C2CCNCC2)n1.Cl.Cl. The molecule has 1 fully saturated rings. The highest BCUT2D eigenvalue weighted by Gasteiger charge is 2.16. The Morgan fingerprint density at radius 1 is 1.25 bits per heavy atom. The average molecular weight is 264 g/mol. The first-order valence-electron chi connectivity index (χ1n) is 5.25. The smallest absolute Gasteiger partial charge is 0.125 e. The summed E-state index contributed by atoms with van der Waals surface area (Å²) in [5, 5.41) is 6.45. The number of hydrogen-bond acceptors (Lipinski definition) is 3. The van der Waals surface area contributed by atoms with Gasteiger partial charge in [-0.1, -0.05) is 6.07 Å². The van der Waals surface area contributed by atoms with Crippen molar-refractivity contribution in [1.29, 1.82) is 0 Å². The second-order valence-corrected chi connectivity index (χ2v) is 3.72. The number of pyridine rings is 1. The molecule has 1 aromatic rings. The van der Waals surface area contributed by atoms with Gasteiger partial charge in [0.1, 0.15) is 5.82 Å². The maximum atomic E-state index is 4.58. The van der Waals surface area contributed by atoms with Gasteiger partial charge in [-0.3, -0.25) is 0 Å². The number of halogens is 2. The predicted octanol–water partition coefficient (Wildman–Crippen LogP) is 2.43. The summed E-state index contributed by atoms with van der Waals surface area (Å²) in [5.74, 6) is 1.62. The molecular weight excluding hydrogens is 245 g/mol. The van der Waals surface area contributed by atoms with Gasteiger partial charge in [-0.2, -0.15) is 0 Å². The molecule has 5 heteroatoms. The number of piperidine rings is 1. The zero-order valence-corrected chi connectivity index (χ0v) is 11.0. The zero-order chi connectivity index (χ0) is 9.80. The molecule has 0 spiro atoms. The molecule has 1 aliphatic rings. The Morgan fingerprint density at radius 2 is 1.94 bits per heavy atom. The first kappa shape index (κ1) is 15.5. The van der Waals surface area contributed by atoms with Gasteiger partial charge in [-0.15, -0.1) is 24.8 Å². The van der Waals surface area contributed by atoms with E-state index in [1.807, 2.05) is 13.1 Å². The van der Waals surface area contributed by atoms with Crippen LogP contribution in [-0.2, 0) is 0 Å². The molecule has 0 unspecified atom stereocenters. The number of hydrogen-bond donors (Lipinski definition) is 2. The summed E-state index contributed by atoms with van der Waals surface area (Å²) in [4.78, 5) is 4.58. The first-order valence-corrected chi connectivity index (χ1v) is 5.25. The van der Waals surface area contributed by atoms with Gasteiger partial charge < -0.3 is 10.6 Å². The van der Waals surface area contributed by atoms with Crippen LogP contribution in [0.3, 0.4) is 0 Å². The molecule has 0 amide bonds. The van der Waals surface area contributed by atoms with Crippen LogP contribution in [0, 0.1) is 0 Å². The molecule has 0 bridgehead atoms. The average Bonchev–Trinajstić information content (AvgIpc) is 2.30. The van der Waals surface area contributed by atoms with Crippen molar-refractivity contribution in [2.75, 3.05) is 25.5 Å². The van der Waals surface area contributed by atoms with E-state index in [1.54, 1.807) is 0 Å². The summed E-state index contributed by atoms with van der Waals surface area (Å²) in [6.45, 7) is 2.24. The maximum Gasteiger partial charge on any atom is 0.125 e. The molecule has 0 aliphatic carbocycles. The molecule has 1 aromatic heterocycles. The fourth-order valence-corrected chi connectivity index (χ4v) is 1.94. The van der Waals surface area contributed by atoms with Crippen LogP contribution in [0.5, 0.6) is 0 Å². The third-order valence-corrected chi connectivity index (χ3v) is 2.78. The number of nitrogens with one attached hydrogen (secondary N) is 2. The molecule has 0 radical (unpaired) electrons. The van der Waals surface area contributed by atoms with Gasteiger partial charge >= 0.3 is 0 Å². The zero-order valence-electron chi connectivity index (χ0n) is 9.40. The normalized spacial score (nSPS) is 15.8. The molecule has 2 N–H and O–H groups in total. The lowest BCUT2D eigenvalue weighted by atomic mass is 9.94. The standard InChI is InChI=1S/C11H17N3.2ClH/c1-12-11-4-2-3-10(14-11)9-5-7-13-8-6-9;;/h2-4,9,13H,5-8H2,1H3,(H,12,14);2*1H. The second kappa shape index (κ2) is 7.71. The van der Waals surface area contributed by atoms with Crippen molar-refractivity contribution < 1.29 is 0 Å². The Labute approximate surface area is 109 Å². The lowest BCUT2D eigenvalue weighted by Crippen LogP contribution is -2.27. The van der Waals surface area contributed by atoms with Gasteiger partial charge in [0.2, 0.25) is 0 Å². The largest absolute Gasteiger partial charge is 0.373 e.